The maximum atomic E-state index is 13.3. The number of hydrogen-bond acceptors (Lipinski definition) is 2. The highest BCUT2D eigenvalue weighted by molar-refractivity contribution is 6.30. The second-order valence-corrected chi connectivity index (χ2v) is 6.09. The van der Waals surface area contributed by atoms with Crippen LogP contribution >= 0.6 is 11.6 Å². The van der Waals surface area contributed by atoms with Crippen molar-refractivity contribution >= 4 is 29.3 Å². The molecule has 130 valence electrons. The van der Waals surface area contributed by atoms with E-state index in [0.717, 1.165) is 5.56 Å². The van der Waals surface area contributed by atoms with E-state index in [1.54, 1.807) is 59.8 Å². The number of carbonyl (C=O) groups is 1. The Balaban J connectivity index is 1.86. The van der Waals surface area contributed by atoms with Gasteiger partial charge in [-0.1, -0.05) is 29.8 Å². The molecule has 26 heavy (non-hydrogen) atoms. The molecule has 5 heteroatoms. The summed E-state index contributed by atoms with van der Waals surface area (Å²) in [6, 6.07) is 16.8. The minimum absolute atomic E-state index is 0.222. The van der Waals surface area contributed by atoms with Crippen LogP contribution < -0.4 is 4.90 Å². The van der Waals surface area contributed by atoms with Crippen molar-refractivity contribution in [3.8, 4) is 0 Å². The molecule has 0 bridgehead atoms. The predicted molar refractivity (Wildman–Crippen MR) is 102 cm³/mol. The zero-order chi connectivity index (χ0) is 18.4. The molecule has 1 amide bonds. The number of amides is 1. The minimum atomic E-state index is -0.343. The number of pyridine rings is 1. The molecule has 0 aliphatic carbocycles. The molecule has 0 saturated carbocycles. The van der Waals surface area contributed by atoms with Gasteiger partial charge in [0.05, 0.1) is 6.54 Å². The van der Waals surface area contributed by atoms with Crippen LogP contribution in [0.15, 0.2) is 79.1 Å². The molecule has 1 heterocycles. The molecule has 0 spiro atoms. The first kappa shape index (κ1) is 17.8. The van der Waals surface area contributed by atoms with Gasteiger partial charge in [0.15, 0.2) is 0 Å². The Morgan fingerprint density at radius 3 is 2.62 bits per heavy atom. The summed E-state index contributed by atoms with van der Waals surface area (Å²) in [7, 11) is 0. The molecule has 0 radical (unpaired) electrons. The van der Waals surface area contributed by atoms with Crippen LogP contribution in [0, 0.1) is 5.82 Å². The van der Waals surface area contributed by atoms with Crippen molar-refractivity contribution in [1.29, 1.82) is 0 Å². The van der Waals surface area contributed by atoms with Gasteiger partial charge in [0.1, 0.15) is 5.82 Å². The minimum Gasteiger partial charge on any atom is -0.304 e. The molecule has 3 nitrogen and oxygen atoms in total. The monoisotopic (exact) mass is 366 g/mol. The van der Waals surface area contributed by atoms with Gasteiger partial charge in [0.2, 0.25) is 0 Å². The summed E-state index contributed by atoms with van der Waals surface area (Å²) in [6.07, 6.45) is 6.42. The molecule has 0 fully saturated rings. The number of benzene rings is 2. The van der Waals surface area contributed by atoms with Gasteiger partial charge in [0, 0.05) is 29.2 Å². The van der Waals surface area contributed by atoms with Crippen molar-refractivity contribution in [2.45, 2.75) is 6.54 Å². The average Bonchev–Trinajstić information content (AvgIpc) is 2.66. The Bertz CT molecular complexity index is 911. The molecule has 0 aliphatic rings. The maximum absolute atomic E-state index is 13.3. The van der Waals surface area contributed by atoms with Crippen LogP contribution in [-0.4, -0.2) is 10.9 Å². The summed E-state index contributed by atoms with van der Waals surface area (Å²) in [5.41, 5.74) is 2.23. The zero-order valence-corrected chi connectivity index (χ0v) is 14.6. The summed E-state index contributed by atoms with van der Waals surface area (Å²) in [6.45, 7) is 0.363. The van der Waals surface area contributed by atoms with Crippen molar-refractivity contribution < 1.29 is 9.18 Å². The third-order valence-corrected chi connectivity index (χ3v) is 3.99. The van der Waals surface area contributed by atoms with Gasteiger partial charge in [-0.05, 0) is 59.7 Å². The first-order chi connectivity index (χ1) is 12.6. The summed E-state index contributed by atoms with van der Waals surface area (Å²) in [4.78, 5) is 18.5. The number of rotatable bonds is 5. The van der Waals surface area contributed by atoms with Gasteiger partial charge < -0.3 is 4.90 Å². The van der Waals surface area contributed by atoms with Crippen LogP contribution in [0.4, 0.5) is 10.1 Å². The van der Waals surface area contributed by atoms with Crippen molar-refractivity contribution in [2.75, 3.05) is 4.90 Å². The van der Waals surface area contributed by atoms with Crippen LogP contribution in [0.3, 0.4) is 0 Å². The number of hydrogen-bond donors (Lipinski definition) is 0. The first-order valence-electron chi connectivity index (χ1n) is 8.01. The smallest absolute Gasteiger partial charge is 0.251 e. The van der Waals surface area contributed by atoms with E-state index < -0.39 is 0 Å². The highest BCUT2D eigenvalue weighted by Gasteiger charge is 2.14. The van der Waals surface area contributed by atoms with E-state index in [1.807, 2.05) is 12.1 Å². The van der Waals surface area contributed by atoms with Crippen LogP contribution in [0.5, 0.6) is 0 Å². The highest BCUT2D eigenvalue weighted by atomic mass is 35.5. The normalized spacial score (nSPS) is 10.8. The number of nitrogens with zero attached hydrogens (tertiary/aromatic N) is 2. The van der Waals surface area contributed by atoms with Gasteiger partial charge in [-0.3, -0.25) is 9.78 Å². The molecule has 0 atom stereocenters. The molecule has 0 aliphatic heterocycles. The van der Waals surface area contributed by atoms with Gasteiger partial charge in [-0.2, -0.15) is 0 Å². The standard InChI is InChI=1S/C21H16ClFN2O/c22-18-7-9-20(10-8-18)25(15-17-4-2-12-24-14-17)21(26)11-6-16-3-1-5-19(23)13-16/h1-14H,15H2. The Hall–Kier alpha value is -2.98. The van der Waals surface area contributed by atoms with Crippen molar-refractivity contribution in [1.82, 2.24) is 4.98 Å². The van der Waals surface area contributed by atoms with E-state index >= 15 is 0 Å². The average molecular weight is 367 g/mol. The second kappa shape index (κ2) is 8.41. The third-order valence-electron chi connectivity index (χ3n) is 3.73. The van der Waals surface area contributed by atoms with Gasteiger partial charge in [-0.25, -0.2) is 4.39 Å². The quantitative estimate of drug-likeness (QED) is 0.587. The van der Waals surface area contributed by atoms with Crippen molar-refractivity contribution in [3.05, 3.63) is 101 Å². The van der Waals surface area contributed by atoms with Crippen molar-refractivity contribution in [2.24, 2.45) is 0 Å². The van der Waals surface area contributed by atoms with Crippen LogP contribution in [0.25, 0.3) is 6.08 Å². The summed E-state index contributed by atoms with van der Waals surface area (Å²) in [5.74, 6) is -0.565. The van der Waals surface area contributed by atoms with E-state index in [1.165, 1.54) is 18.2 Å². The lowest BCUT2D eigenvalue weighted by atomic mass is 10.2. The van der Waals surface area contributed by atoms with Crippen molar-refractivity contribution in [3.63, 3.8) is 0 Å². The molecule has 2 aromatic carbocycles. The van der Waals surface area contributed by atoms with Crippen LogP contribution in [-0.2, 0) is 11.3 Å². The lowest BCUT2D eigenvalue weighted by Crippen LogP contribution is -2.28. The number of anilines is 1. The Labute approximate surface area is 156 Å². The van der Waals surface area contributed by atoms with E-state index in [9.17, 15) is 9.18 Å². The van der Waals surface area contributed by atoms with Crippen LogP contribution in [0.2, 0.25) is 5.02 Å². The number of aromatic nitrogens is 1. The zero-order valence-electron chi connectivity index (χ0n) is 13.8. The SMILES string of the molecule is O=C(C=Cc1cccc(F)c1)N(Cc1cccnc1)c1ccc(Cl)cc1. The third kappa shape index (κ3) is 4.77. The highest BCUT2D eigenvalue weighted by Crippen LogP contribution is 2.21. The largest absolute Gasteiger partial charge is 0.304 e. The maximum Gasteiger partial charge on any atom is 0.251 e. The Morgan fingerprint density at radius 1 is 1.12 bits per heavy atom. The Morgan fingerprint density at radius 2 is 1.92 bits per heavy atom. The fourth-order valence-corrected chi connectivity index (χ4v) is 2.59. The fraction of sp³-hybridized carbons (Fsp3) is 0.0476. The molecule has 1 aromatic heterocycles. The lowest BCUT2D eigenvalue weighted by molar-refractivity contribution is -0.114. The lowest BCUT2D eigenvalue weighted by Gasteiger charge is -2.21. The van der Waals surface area contributed by atoms with Gasteiger partial charge >= 0.3 is 0 Å². The summed E-state index contributed by atoms with van der Waals surface area (Å²) >= 11 is 5.95. The molecule has 3 rings (SSSR count). The molecular formula is C21H16ClFN2O. The van der Waals surface area contributed by atoms with E-state index in [-0.39, 0.29) is 11.7 Å². The van der Waals surface area contributed by atoms with E-state index in [2.05, 4.69) is 4.98 Å². The second-order valence-electron chi connectivity index (χ2n) is 5.65. The summed E-state index contributed by atoms with van der Waals surface area (Å²) < 4.78 is 13.3. The molecule has 0 unspecified atom stereocenters. The van der Waals surface area contributed by atoms with Gasteiger partial charge in [0.25, 0.3) is 5.91 Å². The van der Waals surface area contributed by atoms with Gasteiger partial charge in [-0.15, -0.1) is 0 Å². The van der Waals surface area contributed by atoms with E-state index in [0.29, 0.717) is 22.8 Å². The fourth-order valence-electron chi connectivity index (χ4n) is 2.46. The number of halogens is 2. The topological polar surface area (TPSA) is 33.2 Å². The molecule has 3 aromatic rings. The first-order valence-corrected chi connectivity index (χ1v) is 8.39. The molecule has 0 saturated heterocycles. The summed E-state index contributed by atoms with van der Waals surface area (Å²) in [5, 5.41) is 0.595. The van der Waals surface area contributed by atoms with Crippen LogP contribution in [0.1, 0.15) is 11.1 Å². The predicted octanol–water partition coefficient (Wildman–Crippen LogP) is 5.12. The molecule has 0 N–H and O–H groups in total. The number of carbonyl (C=O) groups excluding carboxylic acids is 1. The molecular weight excluding hydrogens is 351 g/mol. The van der Waals surface area contributed by atoms with E-state index in [4.69, 9.17) is 11.6 Å². The Kier molecular flexibility index (Phi) is 5.77.